The third kappa shape index (κ3) is 4.26. The number of carbonyl (C=O) groups is 1. The highest BCUT2D eigenvalue weighted by Gasteiger charge is 2.16. The molecule has 2 aromatic heterocycles. The number of hydrogen-bond donors (Lipinski definition) is 2. The first kappa shape index (κ1) is 19.9. The molecule has 0 aliphatic carbocycles. The van der Waals surface area contributed by atoms with E-state index >= 15 is 0 Å². The second kappa shape index (κ2) is 8.13. The Kier molecular flexibility index (Phi) is 5.38. The van der Waals surface area contributed by atoms with Crippen LogP contribution in [0.3, 0.4) is 0 Å². The molecule has 0 aliphatic heterocycles. The van der Waals surface area contributed by atoms with E-state index in [9.17, 15) is 18.0 Å². The molecule has 154 valence electrons. The molecule has 0 saturated heterocycles. The van der Waals surface area contributed by atoms with E-state index in [4.69, 9.17) is 4.42 Å². The molecule has 2 aromatic carbocycles. The highest BCUT2D eigenvalue weighted by Crippen LogP contribution is 2.20. The monoisotopic (exact) mass is 444 g/mol. The predicted molar refractivity (Wildman–Crippen MR) is 113 cm³/mol. The number of rotatable bonds is 7. The standard InChI is InChI=1S/C19H16N4O5S2/c24-17(9-11-23-15-3-1-2-4-16(15)28-19(23)25)21-13-5-7-14(8-6-13)30(26,27)22-18-20-10-12-29-18/h1-8,10,12H,9,11H2,(H,20,22)(H,21,24). The number of oxazole rings is 1. The van der Waals surface area contributed by atoms with Crippen LogP contribution in [0, 0.1) is 0 Å². The van der Waals surface area contributed by atoms with Crippen LogP contribution in [0.1, 0.15) is 6.42 Å². The Balaban J connectivity index is 1.39. The number of para-hydroxylation sites is 2. The lowest BCUT2D eigenvalue weighted by Crippen LogP contribution is -2.20. The minimum absolute atomic E-state index is 0.0483. The molecule has 0 atom stereocenters. The van der Waals surface area contributed by atoms with Crippen molar-refractivity contribution >= 4 is 49.2 Å². The summed E-state index contributed by atoms with van der Waals surface area (Å²) in [6.07, 6.45) is 1.55. The Labute approximate surface area is 175 Å². The van der Waals surface area contributed by atoms with E-state index in [1.165, 1.54) is 46.4 Å². The number of aryl methyl sites for hydroxylation is 1. The number of thiazole rings is 1. The number of fused-ring (bicyclic) bond motifs is 1. The molecule has 2 heterocycles. The van der Waals surface area contributed by atoms with Gasteiger partial charge in [0.05, 0.1) is 10.4 Å². The van der Waals surface area contributed by atoms with E-state index < -0.39 is 15.8 Å². The number of aromatic nitrogens is 2. The number of nitrogens with zero attached hydrogens (tertiary/aromatic N) is 2. The quantitative estimate of drug-likeness (QED) is 0.452. The summed E-state index contributed by atoms with van der Waals surface area (Å²) in [5.41, 5.74) is 1.53. The fourth-order valence-corrected chi connectivity index (χ4v) is 4.62. The largest absolute Gasteiger partial charge is 0.419 e. The van der Waals surface area contributed by atoms with Crippen molar-refractivity contribution in [3.05, 3.63) is 70.7 Å². The van der Waals surface area contributed by atoms with E-state index in [-0.39, 0.29) is 28.9 Å². The van der Waals surface area contributed by atoms with Gasteiger partial charge in [-0.1, -0.05) is 12.1 Å². The molecule has 1 amide bonds. The van der Waals surface area contributed by atoms with Gasteiger partial charge in [0.2, 0.25) is 5.91 Å². The minimum atomic E-state index is -3.76. The van der Waals surface area contributed by atoms with Crippen molar-refractivity contribution in [3.63, 3.8) is 0 Å². The van der Waals surface area contributed by atoms with Gasteiger partial charge in [-0.2, -0.15) is 0 Å². The number of hydrogen-bond acceptors (Lipinski definition) is 7. The molecule has 11 heteroatoms. The van der Waals surface area contributed by atoms with Crippen molar-refractivity contribution in [1.29, 1.82) is 0 Å². The summed E-state index contributed by atoms with van der Waals surface area (Å²) in [7, 11) is -3.76. The summed E-state index contributed by atoms with van der Waals surface area (Å²) in [4.78, 5) is 28.1. The summed E-state index contributed by atoms with van der Waals surface area (Å²) < 4.78 is 33.6. The highest BCUT2D eigenvalue weighted by molar-refractivity contribution is 7.93. The maximum absolute atomic E-state index is 12.3. The fraction of sp³-hybridized carbons (Fsp3) is 0.105. The number of anilines is 2. The van der Waals surface area contributed by atoms with Gasteiger partial charge >= 0.3 is 5.76 Å². The zero-order chi connectivity index (χ0) is 21.1. The van der Waals surface area contributed by atoms with Crippen molar-refractivity contribution < 1.29 is 17.6 Å². The lowest BCUT2D eigenvalue weighted by molar-refractivity contribution is -0.116. The van der Waals surface area contributed by atoms with Gasteiger partial charge in [0.15, 0.2) is 10.7 Å². The second-order valence-corrected chi connectivity index (χ2v) is 8.83. The summed E-state index contributed by atoms with van der Waals surface area (Å²) in [5.74, 6) is -0.838. The lowest BCUT2D eigenvalue weighted by Gasteiger charge is -2.08. The van der Waals surface area contributed by atoms with Crippen LogP contribution >= 0.6 is 11.3 Å². The van der Waals surface area contributed by atoms with Crippen LogP contribution in [0.4, 0.5) is 10.8 Å². The average Bonchev–Trinajstić information content (AvgIpc) is 3.33. The SMILES string of the molecule is O=C(CCn1c(=O)oc2ccccc21)Nc1ccc(S(=O)(=O)Nc2nccs2)cc1. The number of carbonyl (C=O) groups excluding carboxylic acids is 1. The molecular weight excluding hydrogens is 428 g/mol. The van der Waals surface area contributed by atoms with E-state index in [2.05, 4.69) is 15.0 Å². The van der Waals surface area contributed by atoms with Crippen LogP contribution in [0.2, 0.25) is 0 Å². The average molecular weight is 444 g/mol. The first-order chi connectivity index (χ1) is 14.4. The Hall–Kier alpha value is -3.44. The van der Waals surface area contributed by atoms with Crippen molar-refractivity contribution in [1.82, 2.24) is 9.55 Å². The molecule has 30 heavy (non-hydrogen) atoms. The van der Waals surface area contributed by atoms with Gasteiger partial charge in [0.1, 0.15) is 0 Å². The third-order valence-corrected chi connectivity index (χ3v) is 6.41. The molecule has 0 spiro atoms. The molecule has 4 rings (SSSR count). The smallest absolute Gasteiger partial charge is 0.408 e. The van der Waals surface area contributed by atoms with Gasteiger partial charge in [0, 0.05) is 30.2 Å². The second-order valence-electron chi connectivity index (χ2n) is 6.25. The fourth-order valence-electron chi connectivity index (χ4n) is 2.83. The van der Waals surface area contributed by atoms with Crippen molar-refractivity contribution in [3.8, 4) is 0 Å². The number of nitrogens with one attached hydrogen (secondary N) is 2. The Morgan fingerprint density at radius 2 is 1.90 bits per heavy atom. The molecule has 0 bridgehead atoms. The number of benzene rings is 2. The van der Waals surface area contributed by atoms with Crippen LogP contribution < -0.4 is 15.8 Å². The van der Waals surface area contributed by atoms with Gasteiger partial charge in [-0.15, -0.1) is 11.3 Å². The van der Waals surface area contributed by atoms with Gasteiger partial charge < -0.3 is 9.73 Å². The van der Waals surface area contributed by atoms with Crippen LogP contribution in [0.25, 0.3) is 11.1 Å². The summed E-state index contributed by atoms with van der Waals surface area (Å²) in [6.45, 7) is 0.159. The van der Waals surface area contributed by atoms with Gasteiger partial charge in [-0.3, -0.25) is 14.1 Å². The van der Waals surface area contributed by atoms with Crippen molar-refractivity contribution in [2.45, 2.75) is 17.9 Å². The van der Waals surface area contributed by atoms with E-state index in [1.54, 1.807) is 29.6 Å². The topological polar surface area (TPSA) is 123 Å². The van der Waals surface area contributed by atoms with Crippen LogP contribution in [0.15, 0.2) is 74.2 Å². The first-order valence-electron chi connectivity index (χ1n) is 8.83. The van der Waals surface area contributed by atoms with Crippen LogP contribution in [-0.2, 0) is 21.4 Å². The Morgan fingerprint density at radius 1 is 1.13 bits per heavy atom. The Bertz CT molecular complexity index is 1340. The third-order valence-electron chi connectivity index (χ3n) is 4.24. The molecule has 9 nitrogen and oxygen atoms in total. The van der Waals surface area contributed by atoms with E-state index in [1.807, 2.05) is 0 Å². The summed E-state index contributed by atoms with van der Waals surface area (Å²) >= 11 is 1.17. The number of sulfonamides is 1. The highest BCUT2D eigenvalue weighted by atomic mass is 32.2. The van der Waals surface area contributed by atoms with Gasteiger partial charge in [-0.05, 0) is 36.4 Å². The van der Waals surface area contributed by atoms with Crippen LogP contribution in [-0.4, -0.2) is 23.9 Å². The summed E-state index contributed by atoms with van der Waals surface area (Å²) in [5, 5.41) is 4.62. The van der Waals surface area contributed by atoms with Crippen LogP contribution in [0.5, 0.6) is 0 Å². The molecule has 0 aliphatic rings. The molecule has 2 N–H and O–H groups in total. The van der Waals surface area contributed by atoms with Gasteiger partial charge in [0.25, 0.3) is 10.0 Å². The molecule has 0 unspecified atom stereocenters. The van der Waals surface area contributed by atoms with Gasteiger partial charge in [-0.25, -0.2) is 18.2 Å². The molecule has 0 fully saturated rings. The zero-order valence-electron chi connectivity index (χ0n) is 15.4. The van der Waals surface area contributed by atoms with Crippen molar-refractivity contribution in [2.24, 2.45) is 0 Å². The Morgan fingerprint density at radius 3 is 2.63 bits per heavy atom. The van der Waals surface area contributed by atoms with E-state index in [0.717, 1.165) is 0 Å². The molecule has 0 radical (unpaired) electrons. The lowest BCUT2D eigenvalue weighted by atomic mass is 10.3. The number of amides is 1. The van der Waals surface area contributed by atoms with Crippen molar-refractivity contribution in [2.75, 3.05) is 10.0 Å². The first-order valence-corrected chi connectivity index (χ1v) is 11.2. The zero-order valence-corrected chi connectivity index (χ0v) is 17.1. The molecular formula is C19H16N4O5S2. The maximum atomic E-state index is 12.3. The minimum Gasteiger partial charge on any atom is -0.408 e. The summed E-state index contributed by atoms with van der Waals surface area (Å²) in [6, 6.07) is 12.7. The predicted octanol–water partition coefficient (Wildman–Crippen LogP) is 2.88. The van der Waals surface area contributed by atoms with E-state index in [0.29, 0.717) is 16.8 Å². The molecule has 4 aromatic rings. The maximum Gasteiger partial charge on any atom is 0.419 e. The molecule has 0 saturated carbocycles. The normalized spacial score (nSPS) is 11.5.